The third kappa shape index (κ3) is 4.82. The number of carbonyl (C=O) groups excluding carboxylic acids is 3. The summed E-state index contributed by atoms with van der Waals surface area (Å²) in [6.45, 7) is 5.77. The number of nitrogens with two attached hydrogens (primary N) is 2. The largest absolute Gasteiger partial charge is 0.467 e. The third-order valence-electron chi connectivity index (χ3n) is 6.14. The minimum atomic E-state index is -1.05. The minimum Gasteiger partial charge on any atom is -0.467 e. The number of para-hydroxylation sites is 1. The first-order valence-corrected chi connectivity index (χ1v) is 12.2. The molecule has 0 radical (unpaired) electrons. The lowest BCUT2D eigenvalue weighted by atomic mass is 9.98. The van der Waals surface area contributed by atoms with Crippen LogP contribution in [0.2, 0.25) is 0 Å². The maximum atomic E-state index is 14.0. The standard InChI is InChI=1S/C25H28N6O4S/c1-4-25(2,3)29-23(33)20(16-12-28-17-10-6-5-9-15(16)17)31(13-14-8-7-11-35-14)24(34)21-18(26)19(22(27)32)30-36-21/h5-12,20,28H,4,13,26H2,1-3H3,(H2,27,32)(H,29,33)/t20-/m1/s1. The number of nitrogens with zero attached hydrogens (tertiary/aromatic N) is 2. The van der Waals surface area contributed by atoms with Gasteiger partial charge < -0.3 is 31.1 Å². The Balaban J connectivity index is 1.88. The zero-order chi connectivity index (χ0) is 26.0. The predicted octanol–water partition coefficient (Wildman–Crippen LogP) is 3.59. The number of primary amides is 1. The Labute approximate surface area is 211 Å². The fourth-order valence-corrected chi connectivity index (χ4v) is 4.63. The highest BCUT2D eigenvalue weighted by atomic mass is 32.1. The van der Waals surface area contributed by atoms with E-state index in [4.69, 9.17) is 15.9 Å². The fourth-order valence-electron chi connectivity index (χ4n) is 3.87. The third-order valence-corrected chi connectivity index (χ3v) is 7.00. The van der Waals surface area contributed by atoms with Gasteiger partial charge in [-0.05, 0) is 50.0 Å². The Morgan fingerprint density at radius 3 is 2.61 bits per heavy atom. The van der Waals surface area contributed by atoms with Gasteiger partial charge in [-0.2, -0.15) is 4.37 Å². The Morgan fingerprint density at radius 1 is 1.22 bits per heavy atom. The van der Waals surface area contributed by atoms with Crippen LogP contribution in [0.4, 0.5) is 5.69 Å². The molecule has 188 valence electrons. The fraction of sp³-hybridized carbons (Fsp3) is 0.280. The van der Waals surface area contributed by atoms with Crippen molar-refractivity contribution in [1.82, 2.24) is 19.6 Å². The lowest BCUT2D eigenvalue weighted by molar-refractivity contribution is -0.127. The van der Waals surface area contributed by atoms with Crippen molar-refractivity contribution in [3.8, 4) is 0 Å². The highest BCUT2D eigenvalue weighted by molar-refractivity contribution is 7.09. The van der Waals surface area contributed by atoms with E-state index in [1.807, 2.05) is 45.0 Å². The van der Waals surface area contributed by atoms with E-state index in [9.17, 15) is 14.4 Å². The molecular weight excluding hydrogens is 480 g/mol. The zero-order valence-corrected chi connectivity index (χ0v) is 21.0. The number of nitrogens with one attached hydrogen (secondary N) is 2. The van der Waals surface area contributed by atoms with Gasteiger partial charge in [0, 0.05) is 28.2 Å². The lowest BCUT2D eigenvalue weighted by Gasteiger charge is -2.33. The smallest absolute Gasteiger partial charge is 0.270 e. The second-order valence-corrected chi connectivity index (χ2v) is 9.84. The van der Waals surface area contributed by atoms with E-state index in [1.165, 1.54) is 11.2 Å². The van der Waals surface area contributed by atoms with E-state index in [1.54, 1.807) is 18.3 Å². The summed E-state index contributed by atoms with van der Waals surface area (Å²) < 4.78 is 9.50. The van der Waals surface area contributed by atoms with Crippen molar-refractivity contribution in [3.63, 3.8) is 0 Å². The number of aromatic amines is 1. The average molecular weight is 509 g/mol. The van der Waals surface area contributed by atoms with Crippen LogP contribution in [0.15, 0.2) is 53.3 Å². The van der Waals surface area contributed by atoms with E-state index in [0.717, 1.165) is 22.4 Å². The summed E-state index contributed by atoms with van der Waals surface area (Å²) in [5.41, 5.74) is 12.1. The van der Waals surface area contributed by atoms with E-state index in [0.29, 0.717) is 17.7 Å². The van der Waals surface area contributed by atoms with Crippen LogP contribution in [0.3, 0.4) is 0 Å². The van der Waals surface area contributed by atoms with Crippen molar-refractivity contribution in [2.75, 3.05) is 5.73 Å². The normalized spacial score (nSPS) is 12.4. The molecule has 0 saturated heterocycles. The Hall–Kier alpha value is -4.12. The SMILES string of the molecule is CCC(C)(C)NC(=O)[C@@H](c1c[nH]c2ccccc12)N(Cc1ccco1)C(=O)c1snc(C(N)=O)c1N. The first-order chi connectivity index (χ1) is 17.1. The number of fused-ring (bicyclic) bond motifs is 1. The van der Waals surface area contributed by atoms with E-state index < -0.39 is 23.4 Å². The van der Waals surface area contributed by atoms with E-state index in [-0.39, 0.29) is 28.7 Å². The number of hydrogen-bond donors (Lipinski definition) is 4. The van der Waals surface area contributed by atoms with Gasteiger partial charge in [-0.1, -0.05) is 25.1 Å². The summed E-state index contributed by atoms with van der Waals surface area (Å²) in [6.07, 6.45) is 3.89. The lowest BCUT2D eigenvalue weighted by Crippen LogP contribution is -2.50. The average Bonchev–Trinajstić information content (AvgIpc) is 3.58. The van der Waals surface area contributed by atoms with Gasteiger partial charge in [-0.3, -0.25) is 14.4 Å². The number of hydrogen-bond acceptors (Lipinski definition) is 7. The van der Waals surface area contributed by atoms with Gasteiger partial charge in [-0.15, -0.1) is 0 Å². The number of nitrogen functional groups attached to an aromatic ring is 1. The Morgan fingerprint density at radius 2 is 1.97 bits per heavy atom. The predicted molar refractivity (Wildman–Crippen MR) is 137 cm³/mol. The molecule has 3 heterocycles. The number of H-pyrrole nitrogens is 1. The summed E-state index contributed by atoms with van der Waals surface area (Å²) in [4.78, 5) is 44.2. The first kappa shape index (κ1) is 25.0. The van der Waals surface area contributed by atoms with Crippen LogP contribution in [0.1, 0.15) is 64.7 Å². The molecule has 11 heteroatoms. The molecular formula is C25H28N6O4S. The molecule has 10 nitrogen and oxygen atoms in total. The van der Waals surface area contributed by atoms with Gasteiger partial charge in [0.2, 0.25) is 5.91 Å². The minimum absolute atomic E-state index is 0.0164. The van der Waals surface area contributed by atoms with Crippen molar-refractivity contribution in [2.45, 2.75) is 45.3 Å². The number of aromatic nitrogens is 2. The van der Waals surface area contributed by atoms with Crippen molar-refractivity contribution in [2.24, 2.45) is 5.73 Å². The molecule has 0 spiro atoms. The molecule has 36 heavy (non-hydrogen) atoms. The topological polar surface area (TPSA) is 160 Å². The molecule has 0 aliphatic carbocycles. The molecule has 0 aliphatic rings. The molecule has 4 aromatic rings. The molecule has 0 unspecified atom stereocenters. The van der Waals surface area contributed by atoms with Crippen LogP contribution in [0.5, 0.6) is 0 Å². The van der Waals surface area contributed by atoms with Gasteiger partial charge in [0.1, 0.15) is 16.7 Å². The van der Waals surface area contributed by atoms with Gasteiger partial charge in [0.15, 0.2) is 5.69 Å². The quantitative estimate of drug-likeness (QED) is 0.270. The molecule has 1 atom stereocenters. The molecule has 3 amide bonds. The second kappa shape index (κ2) is 9.86. The van der Waals surface area contributed by atoms with Gasteiger partial charge in [-0.25, -0.2) is 0 Å². The van der Waals surface area contributed by atoms with Crippen molar-refractivity contribution >= 4 is 45.8 Å². The van der Waals surface area contributed by atoms with E-state index in [2.05, 4.69) is 14.7 Å². The molecule has 1 aromatic carbocycles. The summed E-state index contributed by atoms with van der Waals surface area (Å²) in [7, 11) is 0. The number of carbonyl (C=O) groups is 3. The second-order valence-electron chi connectivity index (χ2n) is 9.07. The van der Waals surface area contributed by atoms with Crippen LogP contribution in [0.25, 0.3) is 10.9 Å². The molecule has 0 saturated carbocycles. The highest BCUT2D eigenvalue weighted by Crippen LogP contribution is 2.34. The van der Waals surface area contributed by atoms with Crippen molar-refractivity contribution in [3.05, 3.63) is 70.8 Å². The number of amides is 3. The van der Waals surface area contributed by atoms with Crippen LogP contribution in [-0.4, -0.2) is 37.5 Å². The maximum Gasteiger partial charge on any atom is 0.270 e. The van der Waals surface area contributed by atoms with E-state index >= 15 is 0 Å². The first-order valence-electron chi connectivity index (χ1n) is 11.4. The molecule has 4 rings (SSSR count). The summed E-state index contributed by atoms with van der Waals surface area (Å²) in [5.74, 6) is -1.32. The Bertz CT molecular complexity index is 1410. The van der Waals surface area contributed by atoms with Crippen LogP contribution >= 0.6 is 11.5 Å². The number of benzene rings is 1. The summed E-state index contributed by atoms with van der Waals surface area (Å²) in [6, 6.07) is 9.88. The van der Waals surface area contributed by atoms with Gasteiger partial charge >= 0.3 is 0 Å². The van der Waals surface area contributed by atoms with Gasteiger partial charge in [0.05, 0.1) is 18.5 Å². The van der Waals surface area contributed by atoms with Crippen LogP contribution in [0, 0.1) is 0 Å². The Kier molecular flexibility index (Phi) is 6.84. The number of rotatable bonds is 9. The molecule has 3 aromatic heterocycles. The van der Waals surface area contributed by atoms with Crippen LogP contribution < -0.4 is 16.8 Å². The zero-order valence-electron chi connectivity index (χ0n) is 20.2. The molecule has 6 N–H and O–H groups in total. The summed E-state index contributed by atoms with van der Waals surface area (Å²) >= 11 is 0.764. The highest BCUT2D eigenvalue weighted by Gasteiger charge is 2.38. The molecule has 0 bridgehead atoms. The number of anilines is 1. The maximum absolute atomic E-state index is 14.0. The van der Waals surface area contributed by atoms with Crippen molar-refractivity contribution in [1.29, 1.82) is 0 Å². The molecule has 0 fully saturated rings. The monoisotopic (exact) mass is 508 g/mol. The number of furan rings is 1. The molecule has 0 aliphatic heterocycles. The van der Waals surface area contributed by atoms with Gasteiger partial charge in [0.25, 0.3) is 11.8 Å². The van der Waals surface area contributed by atoms with Crippen molar-refractivity contribution < 1.29 is 18.8 Å². The van der Waals surface area contributed by atoms with Crippen LogP contribution in [-0.2, 0) is 11.3 Å². The summed E-state index contributed by atoms with van der Waals surface area (Å²) in [5, 5.41) is 3.86.